The third kappa shape index (κ3) is 4.63. The molecule has 0 atom stereocenters. The first kappa shape index (κ1) is 21.4. The van der Waals surface area contributed by atoms with Crippen LogP contribution < -0.4 is 14.8 Å². The highest BCUT2D eigenvalue weighted by Gasteiger charge is 2.25. The van der Waals surface area contributed by atoms with Crippen molar-refractivity contribution in [2.24, 2.45) is 7.05 Å². The Kier molecular flexibility index (Phi) is 6.42. The summed E-state index contributed by atoms with van der Waals surface area (Å²) in [5.41, 5.74) is 1.68. The van der Waals surface area contributed by atoms with Crippen molar-refractivity contribution in [1.82, 2.24) is 9.78 Å². The molecule has 3 rings (SSSR count). The van der Waals surface area contributed by atoms with Crippen LogP contribution in [0, 0.1) is 13.8 Å². The summed E-state index contributed by atoms with van der Waals surface area (Å²) in [6, 6.07) is 11.9. The molecule has 3 aromatic rings. The number of benzene rings is 2. The number of nitrogens with zero attached hydrogens (tertiary/aromatic N) is 2. The van der Waals surface area contributed by atoms with Gasteiger partial charge in [0.1, 0.15) is 11.5 Å². The molecule has 7 nitrogen and oxygen atoms in total. The van der Waals surface area contributed by atoms with Crippen molar-refractivity contribution in [1.29, 1.82) is 0 Å². The van der Waals surface area contributed by atoms with E-state index in [4.69, 9.17) is 21.1 Å². The lowest BCUT2D eigenvalue weighted by Gasteiger charge is -2.13. The van der Waals surface area contributed by atoms with E-state index in [2.05, 4.69) is 10.4 Å². The number of Topliss-reactive ketones (excluding diaryl/α,β-unsaturated/α-hetero) is 1. The number of amides is 1. The maximum atomic E-state index is 12.7. The molecule has 0 fully saturated rings. The average Bonchev–Trinajstić information content (AvgIpc) is 2.96. The molecule has 156 valence electrons. The van der Waals surface area contributed by atoms with Gasteiger partial charge in [-0.1, -0.05) is 11.6 Å². The van der Waals surface area contributed by atoms with E-state index in [0.717, 1.165) is 5.75 Å². The number of rotatable bonds is 7. The van der Waals surface area contributed by atoms with E-state index in [1.807, 2.05) is 6.92 Å². The minimum absolute atomic E-state index is 0.283. The van der Waals surface area contributed by atoms with Crippen molar-refractivity contribution in [2.75, 3.05) is 11.9 Å². The average molecular weight is 428 g/mol. The van der Waals surface area contributed by atoms with E-state index in [1.165, 1.54) is 6.07 Å². The topological polar surface area (TPSA) is 82.4 Å². The number of hydrogen-bond donors (Lipinski definition) is 1. The summed E-state index contributed by atoms with van der Waals surface area (Å²) < 4.78 is 12.9. The van der Waals surface area contributed by atoms with Crippen LogP contribution in [0.2, 0.25) is 5.02 Å². The number of hydrogen-bond acceptors (Lipinski definition) is 5. The molecular weight excluding hydrogens is 406 g/mol. The number of ether oxygens (including phenoxy) is 2. The van der Waals surface area contributed by atoms with E-state index in [-0.39, 0.29) is 11.3 Å². The number of ketones is 1. The second-order valence-corrected chi connectivity index (χ2v) is 7.04. The summed E-state index contributed by atoms with van der Waals surface area (Å²) in [7, 11) is 1.72. The molecule has 0 radical (unpaired) electrons. The molecule has 0 aliphatic heterocycles. The molecule has 2 aromatic carbocycles. The van der Waals surface area contributed by atoms with Gasteiger partial charge in [-0.05, 0) is 63.2 Å². The summed E-state index contributed by atoms with van der Waals surface area (Å²) in [6.45, 7) is 5.90. The Labute approximate surface area is 179 Å². The van der Waals surface area contributed by atoms with Gasteiger partial charge in [0.25, 0.3) is 11.7 Å². The molecule has 0 spiro atoms. The lowest BCUT2D eigenvalue weighted by atomic mass is 10.1. The van der Waals surface area contributed by atoms with Crippen LogP contribution >= 0.6 is 11.6 Å². The highest BCUT2D eigenvalue weighted by molar-refractivity contribution is 6.47. The van der Waals surface area contributed by atoms with Gasteiger partial charge in [0.15, 0.2) is 5.75 Å². The third-order valence-electron chi connectivity index (χ3n) is 4.49. The predicted octanol–water partition coefficient (Wildman–Crippen LogP) is 4.70. The number of halogens is 1. The molecule has 0 unspecified atom stereocenters. The first-order chi connectivity index (χ1) is 14.3. The van der Waals surface area contributed by atoms with Crippen molar-refractivity contribution >= 4 is 29.0 Å². The molecular formula is C22H22ClN3O4. The number of aromatic nitrogens is 2. The maximum absolute atomic E-state index is 12.7. The van der Waals surface area contributed by atoms with Crippen molar-refractivity contribution in [3.05, 3.63) is 64.4 Å². The Hall–Kier alpha value is -3.32. The second kappa shape index (κ2) is 9.00. The molecule has 0 aliphatic carbocycles. The van der Waals surface area contributed by atoms with Gasteiger partial charge in [-0.15, -0.1) is 0 Å². The first-order valence-corrected chi connectivity index (χ1v) is 9.74. The Morgan fingerprint density at radius 2 is 1.77 bits per heavy atom. The highest BCUT2D eigenvalue weighted by Crippen LogP contribution is 2.33. The summed E-state index contributed by atoms with van der Waals surface area (Å²) in [5.74, 6) is 0.145. The summed E-state index contributed by atoms with van der Waals surface area (Å²) in [5, 5.41) is 7.19. The number of nitrogens with one attached hydrogen (secondary N) is 1. The standard InChI is InChI=1S/C22H22ClN3O4/c1-5-29-16-7-9-17(10-8-16)30-19-11-6-15(23)12-18(19)24-22(28)21(27)20-13(2)25-26(4)14(20)3/h6-12H,5H2,1-4H3,(H,24,28). The fraction of sp³-hybridized carbons (Fsp3) is 0.227. The number of carbonyl (C=O) groups excluding carboxylic acids is 2. The molecule has 1 aromatic heterocycles. The van der Waals surface area contributed by atoms with Gasteiger partial charge in [0.05, 0.1) is 23.6 Å². The zero-order valence-corrected chi connectivity index (χ0v) is 17.9. The SMILES string of the molecule is CCOc1ccc(Oc2ccc(Cl)cc2NC(=O)C(=O)c2c(C)nn(C)c2C)cc1. The van der Waals surface area contributed by atoms with Gasteiger partial charge < -0.3 is 14.8 Å². The first-order valence-electron chi connectivity index (χ1n) is 9.36. The van der Waals surface area contributed by atoms with Gasteiger partial charge in [-0.2, -0.15) is 5.10 Å². The van der Waals surface area contributed by atoms with Gasteiger partial charge in [0.2, 0.25) is 0 Å². The Bertz CT molecular complexity index is 1090. The minimum Gasteiger partial charge on any atom is -0.494 e. The molecule has 0 saturated carbocycles. The van der Waals surface area contributed by atoms with Gasteiger partial charge in [0, 0.05) is 17.8 Å². The van der Waals surface area contributed by atoms with Crippen molar-refractivity contribution in [3.63, 3.8) is 0 Å². The maximum Gasteiger partial charge on any atom is 0.297 e. The third-order valence-corrected chi connectivity index (χ3v) is 4.73. The van der Waals surface area contributed by atoms with Crippen LogP contribution in [-0.4, -0.2) is 28.1 Å². The van der Waals surface area contributed by atoms with Gasteiger partial charge >= 0.3 is 0 Å². The van der Waals surface area contributed by atoms with E-state index in [1.54, 1.807) is 62.0 Å². The van der Waals surface area contributed by atoms with E-state index >= 15 is 0 Å². The fourth-order valence-electron chi connectivity index (χ4n) is 2.98. The Morgan fingerprint density at radius 1 is 1.10 bits per heavy atom. The quantitative estimate of drug-likeness (QED) is 0.436. The number of aryl methyl sites for hydroxylation is 2. The summed E-state index contributed by atoms with van der Waals surface area (Å²) in [4.78, 5) is 25.4. The minimum atomic E-state index is -0.798. The van der Waals surface area contributed by atoms with E-state index in [9.17, 15) is 9.59 Å². The Balaban J connectivity index is 1.82. The van der Waals surface area contributed by atoms with Crippen molar-refractivity contribution < 1.29 is 19.1 Å². The number of anilines is 1. The lowest BCUT2D eigenvalue weighted by Crippen LogP contribution is -2.24. The second-order valence-electron chi connectivity index (χ2n) is 6.60. The molecule has 0 bridgehead atoms. The largest absolute Gasteiger partial charge is 0.494 e. The van der Waals surface area contributed by atoms with Crippen molar-refractivity contribution in [2.45, 2.75) is 20.8 Å². The van der Waals surface area contributed by atoms with Crippen LogP contribution in [-0.2, 0) is 11.8 Å². The fourth-order valence-corrected chi connectivity index (χ4v) is 3.15. The van der Waals surface area contributed by atoms with Crippen LogP contribution in [0.25, 0.3) is 0 Å². The van der Waals surface area contributed by atoms with E-state index < -0.39 is 11.7 Å². The van der Waals surface area contributed by atoms with Crippen LogP contribution in [0.3, 0.4) is 0 Å². The molecule has 1 heterocycles. The van der Waals surface area contributed by atoms with Gasteiger partial charge in [-0.25, -0.2) is 0 Å². The van der Waals surface area contributed by atoms with E-state index in [0.29, 0.717) is 34.5 Å². The summed E-state index contributed by atoms with van der Waals surface area (Å²) >= 11 is 6.09. The molecule has 0 saturated heterocycles. The van der Waals surface area contributed by atoms with Gasteiger partial charge in [-0.3, -0.25) is 14.3 Å². The molecule has 1 amide bonds. The monoisotopic (exact) mass is 427 g/mol. The lowest BCUT2D eigenvalue weighted by molar-refractivity contribution is -0.112. The zero-order chi connectivity index (χ0) is 21.8. The van der Waals surface area contributed by atoms with Crippen molar-refractivity contribution in [3.8, 4) is 17.2 Å². The molecule has 30 heavy (non-hydrogen) atoms. The molecule has 8 heteroatoms. The van der Waals surface area contributed by atoms with Crippen LogP contribution in [0.5, 0.6) is 17.2 Å². The highest BCUT2D eigenvalue weighted by atomic mass is 35.5. The Morgan fingerprint density at radius 3 is 2.37 bits per heavy atom. The molecule has 0 aliphatic rings. The smallest absolute Gasteiger partial charge is 0.297 e. The predicted molar refractivity (Wildman–Crippen MR) is 115 cm³/mol. The molecule has 1 N–H and O–H groups in total. The normalized spacial score (nSPS) is 10.6. The van der Waals surface area contributed by atoms with Crippen LogP contribution in [0.15, 0.2) is 42.5 Å². The number of carbonyl (C=O) groups is 2. The summed E-state index contributed by atoms with van der Waals surface area (Å²) in [6.07, 6.45) is 0. The van der Waals surface area contributed by atoms with Crippen LogP contribution in [0.4, 0.5) is 5.69 Å². The van der Waals surface area contributed by atoms with Crippen LogP contribution in [0.1, 0.15) is 28.7 Å². The zero-order valence-electron chi connectivity index (χ0n) is 17.2.